The van der Waals surface area contributed by atoms with Crippen LogP contribution in [0, 0.1) is 0 Å². The van der Waals surface area contributed by atoms with Crippen molar-refractivity contribution in [2.45, 2.75) is 26.4 Å². The average Bonchev–Trinajstić information content (AvgIpc) is 1.87. The van der Waals surface area contributed by atoms with Gasteiger partial charge in [-0.05, 0) is 13.8 Å². The second-order valence-corrected chi connectivity index (χ2v) is 2.26. The fourth-order valence-electron chi connectivity index (χ4n) is 0.609. The molecule has 0 bridgehead atoms. The van der Waals surface area contributed by atoms with Crippen LogP contribution in [0.3, 0.4) is 0 Å². The van der Waals surface area contributed by atoms with Crippen LogP contribution in [-0.2, 0) is 4.74 Å². The molecule has 0 saturated heterocycles. The van der Waals surface area contributed by atoms with E-state index in [1.54, 1.807) is 6.92 Å². The van der Waals surface area contributed by atoms with Crippen LogP contribution in [0.5, 0.6) is 0 Å². The molecule has 11 heavy (non-hydrogen) atoms. The molecule has 0 fully saturated rings. The lowest BCUT2D eigenvalue weighted by Gasteiger charge is -2.11. The highest BCUT2D eigenvalue weighted by molar-refractivity contribution is 5.67. The van der Waals surface area contributed by atoms with E-state index < -0.39 is 6.09 Å². The zero-order valence-corrected chi connectivity index (χ0v) is 6.96. The quantitative estimate of drug-likeness (QED) is 0.631. The van der Waals surface area contributed by atoms with Crippen molar-refractivity contribution in [3.8, 4) is 0 Å². The molecule has 1 amide bonds. The van der Waals surface area contributed by atoms with Gasteiger partial charge in [-0.25, -0.2) is 4.79 Å². The predicted molar refractivity (Wildman–Crippen MR) is 41.3 cm³/mol. The predicted octanol–water partition coefficient (Wildman–Crippen LogP) is 0.503. The molecule has 0 aliphatic heterocycles. The topological polar surface area (TPSA) is 58.6 Å². The monoisotopic (exact) mass is 161 g/mol. The van der Waals surface area contributed by atoms with Crippen molar-refractivity contribution in [1.82, 2.24) is 5.32 Å². The minimum Gasteiger partial charge on any atom is -0.446 e. The van der Waals surface area contributed by atoms with Crippen molar-refractivity contribution >= 4 is 6.09 Å². The standard InChI is InChI=1S/C7H15NO3/c1-3-8-7(10)11-6(2)4-5-9/h6,9H,3-5H2,1-2H3,(H,8,10)/t6-/m1/s1. The maximum Gasteiger partial charge on any atom is 0.407 e. The van der Waals surface area contributed by atoms with Gasteiger partial charge < -0.3 is 15.2 Å². The van der Waals surface area contributed by atoms with E-state index in [4.69, 9.17) is 9.84 Å². The summed E-state index contributed by atoms with van der Waals surface area (Å²) < 4.78 is 4.82. The lowest BCUT2D eigenvalue weighted by molar-refractivity contribution is 0.0907. The zero-order chi connectivity index (χ0) is 8.69. The Morgan fingerprint density at radius 2 is 2.36 bits per heavy atom. The summed E-state index contributed by atoms with van der Waals surface area (Å²) in [4.78, 5) is 10.7. The van der Waals surface area contributed by atoms with Gasteiger partial charge in [0.15, 0.2) is 0 Å². The first-order valence-corrected chi connectivity index (χ1v) is 3.76. The van der Waals surface area contributed by atoms with E-state index in [0.29, 0.717) is 13.0 Å². The molecule has 0 heterocycles. The van der Waals surface area contributed by atoms with Gasteiger partial charge in [0.1, 0.15) is 6.10 Å². The van der Waals surface area contributed by atoms with E-state index in [0.717, 1.165) is 0 Å². The molecule has 0 spiro atoms. The molecule has 0 saturated carbocycles. The summed E-state index contributed by atoms with van der Waals surface area (Å²) in [6.45, 7) is 4.16. The van der Waals surface area contributed by atoms with E-state index in [-0.39, 0.29) is 12.7 Å². The van der Waals surface area contributed by atoms with Gasteiger partial charge in [0, 0.05) is 19.6 Å². The van der Waals surface area contributed by atoms with E-state index in [9.17, 15) is 4.79 Å². The number of hydrogen-bond acceptors (Lipinski definition) is 3. The Bertz CT molecular complexity index is 116. The van der Waals surface area contributed by atoms with Crippen molar-refractivity contribution in [1.29, 1.82) is 0 Å². The van der Waals surface area contributed by atoms with Crippen LogP contribution in [0.15, 0.2) is 0 Å². The van der Waals surface area contributed by atoms with Crippen LogP contribution in [-0.4, -0.2) is 30.5 Å². The maximum atomic E-state index is 10.7. The fraction of sp³-hybridized carbons (Fsp3) is 0.857. The van der Waals surface area contributed by atoms with E-state index in [2.05, 4.69) is 5.32 Å². The maximum absolute atomic E-state index is 10.7. The first kappa shape index (κ1) is 10.2. The number of aliphatic hydroxyl groups excluding tert-OH is 1. The number of alkyl carbamates (subject to hydrolysis) is 1. The lowest BCUT2D eigenvalue weighted by atomic mass is 10.3. The van der Waals surface area contributed by atoms with Crippen molar-refractivity contribution in [3.05, 3.63) is 0 Å². The first-order chi connectivity index (χ1) is 5.20. The van der Waals surface area contributed by atoms with Crippen LogP contribution in [0.4, 0.5) is 4.79 Å². The van der Waals surface area contributed by atoms with Crippen LogP contribution < -0.4 is 5.32 Å². The summed E-state index contributed by atoms with van der Waals surface area (Å²) in [7, 11) is 0. The minimum atomic E-state index is -0.423. The molecule has 0 aliphatic rings. The molecule has 0 aliphatic carbocycles. The largest absolute Gasteiger partial charge is 0.446 e. The van der Waals surface area contributed by atoms with Gasteiger partial charge in [-0.3, -0.25) is 0 Å². The molecule has 1 atom stereocenters. The molecular weight excluding hydrogens is 146 g/mol. The number of ether oxygens (including phenoxy) is 1. The lowest BCUT2D eigenvalue weighted by Crippen LogP contribution is -2.27. The van der Waals surface area contributed by atoms with Gasteiger partial charge in [0.05, 0.1) is 0 Å². The Morgan fingerprint density at radius 1 is 1.73 bits per heavy atom. The molecule has 0 rings (SSSR count). The van der Waals surface area contributed by atoms with E-state index in [1.807, 2.05) is 6.92 Å². The molecule has 0 aromatic carbocycles. The van der Waals surface area contributed by atoms with Gasteiger partial charge >= 0.3 is 6.09 Å². The van der Waals surface area contributed by atoms with Crippen LogP contribution in [0.25, 0.3) is 0 Å². The number of nitrogens with one attached hydrogen (secondary N) is 1. The van der Waals surface area contributed by atoms with Gasteiger partial charge in [0.25, 0.3) is 0 Å². The summed E-state index contributed by atoms with van der Waals surface area (Å²) in [5, 5.41) is 11.0. The van der Waals surface area contributed by atoms with Gasteiger partial charge in [-0.2, -0.15) is 0 Å². The summed E-state index contributed by atoms with van der Waals surface area (Å²) in [5.41, 5.74) is 0. The van der Waals surface area contributed by atoms with Crippen LogP contribution in [0.1, 0.15) is 20.3 Å². The number of aliphatic hydroxyl groups is 1. The van der Waals surface area contributed by atoms with Crippen molar-refractivity contribution in [3.63, 3.8) is 0 Å². The SMILES string of the molecule is CCNC(=O)O[C@H](C)CCO. The van der Waals surface area contributed by atoms with Crippen molar-refractivity contribution < 1.29 is 14.6 Å². The third kappa shape index (κ3) is 5.66. The highest BCUT2D eigenvalue weighted by atomic mass is 16.6. The summed E-state index contributed by atoms with van der Waals surface area (Å²) in [6, 6.07) is 0. The highest BCUT2D eigenvalue weighted by Crippen LogP contribution is 1.95. The third-order valence-corrected chi connectivity index (χ3v) is 1.16. The molecule has 2 N–H and O–H groups in total. The van der Waals surface area contributed by atoms with Crippen molar-refractivity contribution in [2.75, 3.05) is 13.2 Å². The van der Waals surface area contributed by atoms with Gasteiger partial charge in [-0.1, -0.05) is 0 Å². The van der Waals surface area contributed by atoms with Gasteiger partial charge in [0.2, 0.25) is 0 Å². The second kappa shape index (κ2) is 5.97. The van der Waals surface area contributed by atoms with Crippen molar-refractivity contribution in [2.24, 2.45) is 0 Å². The molecule has 66 valence electrons. The van der Waals surface area contributed by atoms with E-state index >= 15 is 0 Å². The Morgan fingerprint density at radius 3 is 2.82 bits per heavy atom. The zero-order valence-electron chi connectivity index (χ0n) is 6.96. The molecule has 4 heteroatoms. The Hall–Kier alpha value is -0.770. The molecule has 4 nitrogen and oxygen atoms in total. The second-order valence-electron chi connectivity index (χ2n) is 2.26. The third-order valence-electron chi connectivity index (χ3n) is 1.16. The number of rotatable bonds is 4. The highest BCUT2D eigenvalue weighted by Gasteiger charge is 2.06. The summed E-state index contributed by atoms with van der Waals surface area (Å²) >= 11 is 0. The normalized spacial score (nSPS) is 12.3. The number of carbonyl (C=O) groups is 1. The minimum absolute atomic E-state index is 0.0422. The van der Waals surface area contributed by atoms with E-state index in [1.165, 1.54) is 0 Å². The molecule has 0 aromatic rings. The summed E-state index contributed by atoms with van der Waals surface area (Å²) in [6.07, 6.45) is -0.156. The Kier molecular flexibility index (Phi) is 5.56. The first-order valence-electron chi connectivity index (χ1n) is 3.76. The molecular formula is C7H15NO3. The fourth-order valence-corrected chi connectivity index (χ4v) is 0.609. The molecule has 0 unspecified atom stereocenters. The Balaban J connectivity index is 3.40. The number of amides is 1. The number of hydrogen-bond donors (Lipinski definition) is 2. The average molecular weight is 161 g/mol. The van der Waals surface area contributed by atoms with Crippen LogP contribution in [0.2, 0.25) is 0 Å². The van der Waals surface area contributed by atoms with Crippen LogP contribution >= 0.6 is 0 Å². The molecule has 0 aromatic heterocycles. The smallest absolute Gasteiger partial charge is 0.407 e. The molecule has 0 radical (unpaired) electrons. The Labute approximate surface area is 66.5 Å². The number of carbonyl (C=O) groups excluding carboxylic acids is 1. The summed E-state index contributed by atoms with van der Waals surface area (Å²) in [5.74, 6) is 0. The van der Waals surface area contributed by atoms with Gasteiger partial charge in [-0.15, -0.1) is 0 Å².